The lowest BCUT2D eigenvalue weighted by Crippen LogP contribution is -2.18. The van der Waals surface area contributed by atoms with Crippen LogP contribution in [0, 0.1) is 9.81 Å². The van der Waals surface area contributed by atoms with Crippen molar-refractivity contribution in [3.05, 3.63) is 43.4 Å². The SMILES string of the molecule is Cc1ccc2c(c1)[C@@H](O)CC(c1ncc(I)s1)O2. The maximum atomic E-state index is 10.2. The number of hydrogen-bond acceptors (Lipinski definition) is 4. The van der Waals surface area contributed by atoms with E-state index >= 15 is 0 Å². The van der Waals surface area contributed by atoms with Crippen molar-refractivity contribution in [2.24, 2.45) is 0 Å². The Morgan fingerprint density at radius 3 is 3.06 bits per heavy atom. The zero-order chi connectivity index (χ0) is 12.7. The van der Waals surface area contributed by atoms with Crippen LogP contribution in [0.2, 0.25) is 0 Å². The number of nitrogens with zero attached hydrogens (tertiary/aromatic N) is 1. The van der Waals surface area contributed by atoms with Gasteiger partial charge in [-0.3, -0.25) is 0 Å². The molecule has 1 unspecified atom stereocenters. The van der Waals surface area contributed by atoms with Gasteiger partial charge in [0.05, 0.1) is 15.2 Å². The van der Waals surface area contributed by atoms with Crippen LogP contribution in [0.1, 0.15) is 34.8 Å². The lowest BCUT2D eigenvalue weighted by Gasteiger charge is -2.28. The van der Waals surface area contributed by atoms with Gasteiger partial charge in [-0.05, 0) is 41.6 Å². The average Bonchev–Trinajstić information content (AvgIpc) is 2.77. The summed E-state index contributed by atoms with van der Waals surface area (Å²) < 4.78 is 7.08. The van der Waals surface area contributed by atoms with E-state index in [0.717, 1.165) is 24.8 Å². The van der Waals surface area contributed by atoms with E-state index in [1.807, 2.05) is 31.3 Å². The van der Waals surface area contributed by atoms with Gasteiger partial charge >= 0.3 is 0 Å². The smallest absolute Gasteiger partial charge is 0.153 e. The predicted octanol–water partition coefficient (Wildman–Crippen LogP) is 3.61. The van der Waals surface area contributed by atoms with Crippen LogP contribution in [-0.4, -0.2) is 10.1 Å². The van der Waals surface area contributed by atoms with Crippen LogP contribution >= 0.6 is 33.9 Å². The van der Waals surface area contributed by atoms with Crippen molar-refractivity contribution in [3.63, 3.8) is 0 Å². The first-order valence-electron chi connectivity index (χ1n) is 5.70. The molecule has 1 aliphatic heterocycles. The van der Waals surface area contributed by atoms with Crippen molar-refractivity contribution in [1.29, 1.82) is 0 Å². The number of aliphatic hydroxyl groups is 1. The molecular weight excluding hydrogens is 361 g/mol. The molecule has 0 spiro atoms. The van der Waals surface area contributed by atoms with E-state index < -0.39 is 6.10 Å². The first-order valence-corrected chi connectivity index (χ1v) is 7.59. The van der Waals surface area contributed by atoms with Crippen molar-refractivity contribution < 1.29 is 9.84 Å². The summed E-state index contributed by atoms with van der Waals surface area (Å²) in [5.74, 6) is 0.773. The molecule has 0 saturated heterocycles. The number of fused-ring (bicyclic) bond motifs is 1. The van der Waals surface area contributed by atoms with Gasteiger partial charge in [0.2, 0.25) is 0 Å². The Hall–Kier alpha value is -0.660. The highest BCUT2D eigenvalue weighted by Crippen LogP contribution is 2.41. The number of aliphatic hydroxyl groups excluding tert-OH is 1. The van der Waals surface area contributed by atoms with Crippen LogP contribution < -0.4 is 4.74 Å². The van der Waals surface area contributed by atoms with Crippen molar-refractivity contribution in [2.75, 3.05) is 0 Å². The van der Waals surface area contributed by atoms with Crippen molar-refractivity contribution in [1.82, 2.24) is 4.98 Å². The molecular formula is C13H12INO2S. The van der Waals surface area contributed by atoms with Gasteiger partial charge in [0.1, 0.15) is 10.8 Å². The summed E-state index contributed by atoms with van der Waals surface area (Å²) in [5.41, 5.74) is 2.02. The minimum atomic E-state index is -0.472. The molecule has 0 bridgehead atoms. The van der Waals surface area contributed by atoms with Gasteiger partial charge in [-0.1, -0.05) is 11.6 Å². The van der Waals surface area contributed by atoms with Crippen LogP contribution in [0.15, 0.2) is 24.4 Å². The van der Waals surface area contributed by atoms with Gasteiger partial charge < -0.3 is 9.84 Å². The van der Waals surface area contributed by atoms with Gasteiger partial charge in [0.15, 0.2) is 6.10 Å². The second-order valence-corrected chi connectivity index (χ2v) is 7.36. The Kier molecular flexibility index (Phi) is 3.29. The second kappa shape index (κ2) is 4.79. The minimum absolute atomic E-state index is 0.135. The summed E-state index contributed by atoms with van der Waals surface area (Å²) in [6.45, 7) is 2.02. The molecule has 1 aromatic heterocycles. The fourth-order valence-corrected chi connectivity index (χ4v) is 3.64. The number of aromatic nitrogens is 1. The zero-order valence-electron chi connectivity index (χ0n) is 9.76. The molecule has 2 atom stereocenters. The molecule has 0 aliphatic carbocycles. The number of thiazole rings is 1. The summed E-state index contributed by atoms with van der Waals surface area (Å²) in [6, 6.07) is 5.92. The highest BCUT2D eigenvalue weighted by Gasteiger charge is 2.29. The third-order valence-electron chi connectivity index (χ3n) is 3.00. The molecule has 94 valence electrons. The van der Waals surface area contributed by atoms with Crippen LogP contribution in [0.3, 0.4) is 0 Å². The summed E-state index contributed by atoms with van der Waals surface area (Å²) in [4.78, 5) is 4.34. The fraction of sp³-hybridized carbons (Fsp3) is 0.308. The van der Waals surface area contributed by atoms with Gasteiger partial charge in [0.25, 0.3) is 0 Å². The Morgan fingerprint density at radius 1 is 1.50 bits per heavy atom. The van der Waals surface area contributed by atoms with Crippen molar-refractivity contribution in [2.45, 2.75) is 25.6 Å². The molecule has 0 saturated carbocycles. The normalized spacial score (nSPS) is 22.4. The molecule has 2 heterocycles. The average molecular weight is 373 g/mol. The highest BCUT2D eigenvalue weighted by molar-refractivity contribution is 14.1. The molecule has 0 radical (unpaired) electrons. The van der Waals surface area contributed by atoms with Gasteiger partial charge in [-0.25, -0.2) is 4.98 Å². The molecule has 1 aliphatic rings. The fourth-order valence-electron chi connectivity index (χ4n) is 2.13. The molecule has 1 N–H and O–H groups in total. The largest absolute Gasteiger partial charge is 0.483 e. The predicted molar refractivity (Wildman–Crippen MR) is 79.0 cm³/mol. The highest BCUT2D eigenvalue weighted by atomic mass is 127. The van der Waals surface area contributed by atoms with Crippen LogP contribution in [0.5, 0.6) is 5.75 Å². The van der Waals surface area contributed by atoms with Gasteiger partial charge in [-0.15, -0.1) is 11.3 Å². The molecule has 3 rings (SSSR count). The summed E-state index contributed by atoms with van der Waals surface area (Å²) in [5, 5.41) is 11.2. The monoisotopic (exact) mass is 373 g/mol. The summed E-state index contributed by atoms with van der Waals surface area (Å²) >= 11 is 3.86. The van der Waals surface area contributed by atoms with E-state index in [1.165, 1.54) is 0 Å². The van der Waals surface area contributed by atoms with E-state index in [2.05, 4.69) is 27.6 Å². The second-order valence-electron chi connectivity index (χ2n) is 4.40. The number of ether oxygens (including phenoxy) is 1. The topological polar surface area (TPSA) is 42.4 Å². The molecule has 2 aromatic rings. The Labute approximate surface area is 123 Å². The van der Waals surface area contributed by atoms with E-state index in [9.17, 15) is 5.11 Å². The van der Waals surface area contributed by atoms with E-state index in [0.29, 0.717) is 6.42 Å². The van der Waals surface area contributed by atoms with Gasteiger partial charge in [-0.2, -0.15) is 0 Å². The molecule has 18 heavy (non-hydrogen) atoms. The maximum absolute atomic E-state index is 10.2. The van der Waals surface area contributed by atoms with E-state index in [1.54, 1.807) is 11.3 Å². The van der Waals surface area contributed by atoms with Crippen LogP contribution in [0.4, 0.5) is 0 Å². The Bertz CT molecular complexity index is 584. The summed E-state index contributed by atoms with van der Waals surface area (Å²) in [7, 11) is 0. The quantitative estimate of drug-likeness (QED) is 0.777. The molecule has 3 nitrogen and oxygen atoms in total. The van der Waals surface area contributed by atoms with E-state index in [-0.39, 0.29) is 6.10 Å². The number of rotatable bonds is 1. The first-order chi connectivity index (χ1) is 8.63. The number of benzene rings is 1. The number of hydrogen-bond donors (Lipinski definition) is 1. The van der Waals surface area contributed by atoms with Crippen molar-refractivity contribution >= 4 is 33.9 Å². The molecule has 0 fully saturated rings. The molecule has 5 heteroatoms. The standard InChI is InChI=1S/C13H12INO2S/c1-7-2-3-10-8(4-7)9(16)5-11(17-10)13-15-6-12(14)18-13/h2-4,6,9,11,16H,5H2,1H3/t9-,11?/m0/s1. The third kappa shape index (κ3) is 2.26. The summed E-state index contributed by atoms with van der Waals surface area (Å²) in [6.07, 6.45) is 1.80. The van der Waals surface area contributed by atoms with Gasteiger partial charge in [0, 0.05) is 12.0 Å². The molecule has 0 amide bonds. The minimum Gasteiger partial charge on any atom is -0.483 e. The lowest BCUT2D eigenvalue weighted by molar-refractivity contribution is 0.0655. The van der Waals surface area contributed by atoms with Crippen LogP contribution in [0.25, 0.3) is 0 Å². The van der Waals surface area contributed by atoms with Crippen molar-refractivity contribution in [3.8, 4) is 5.75 Å². The van der Waals surface area contributed by atoms with Crippen LogP contribution in [-0.2, 0) is 0 Å². The third-order valence-corrected chi connectivity index (χ3v) is 4.82. The number of aryl methyl sites for hydroxylation is 1. The Morgan fingerprint density at radius 2 is 2.33 bits per heavy atom. The zero-order valence-corrected chi connectivity index (χ0v) is 12.7. The number of halogens is 1. The first kappa shape index (κ1) is 12.4. The lowest BCUT2D eigenvalue weighted by atomic mass is 9.98. The molecule has 1 aromatic carbocycles. The van der Waals surface area contributed by atoms with E-state index in [4.69, 9.17) is 4.74 Å². The maximum Gasteiger partial charge on any atom is 0.153 e. The Balaban J connectivity index is 1.94.